The number of benzene rings is 1. The average molecular weight is 426 g/mol. The van der Waals surface area contributed by atoms with E-state index in [2.05, 4.69) is 10.3 Å². The molecule has 0 radical (unpaired) electrons. The lowest BCUT2D eigenvalue weighted by molar-refractivity contribution is -0.126. The third kappa shape index (κ3) is 2.60. The summed E-state index contributed by atoms with van der Waals surface area (Å²) in [5, 5.41) is 2.58. The van der Waals surface area contributed by atoms with E-state index in [1.54, 1.807) is 36.5 Å². The van der Waals surface area contributed by atoms with Crippen molar-refractivity contribution in [2.24, 2.45) is 0 Å². The van der Waals surface area contributed by atoms with E-state index in [0.717, 1.165) is 5.56 Å². The number of nitrogens with one attached hydrogen (secondary N) is 1. The number of methoxy groups -OCH3 is 1. The zero-order valence-electron chi connectivity index (χ0n) is 15.9. The van der Waals surface area contributed by atoms with Crippen LogP contribution < -0.4 is 10.1 Å². The van der Waals surface area contributed by atoms with Crippen molar-refractivity contribution in [2.75, 3.05) is 13.7 Å². The molecule has 0 bridgehead atoms. The number of halogens is 1. The number of imide groups is 1. The Kier molecular flexibility index (Phi) is 4.08. The third-order valence-corrected chi connectivity index (χ3v) is 6.02. The molecular weight excluding hydrogens is 410 g/mol. The molecule has 0 saturated carbocycles. The molecule has 5 rings (SSSR count). The van der Waals surface area contributed by atoms with Crippen LogP contribution in [0, 0.1) is 0 Å². The first-order valence-electron chi connectivity index (χ1n) is 9.27. The van der Waals surface area contributed by atoms with Crippen molar-refractivity contribution in [1.82, 2.24) is 15.2 Å². The summed E-state index contributed by atoms with van der Waals surface area (Å²) < 4.78 is 11.1. The van der Waals surface area contributed by atoms with Crippen LogP contribution in [0.15, 0.2) is 40.9 Å². The van der Waals surface area contributed by atoms with Gasteiger partial charge in [-0.2, -0.15) is 0 Å². The summed E-state index contributed by atoms with van der Waals surface area (Å²) in [5.41, 5.74) is 0.816. The molecule has 0 aliphatic carbocycles. The Hall–Kier alpha value is -3.39. The highest BCUT2D eigenvalue weighted by molar-refractivity contribution is 6.35. The maximum absolute atomic E-state index is 13.1. The average Bonchev–Trinajstić information content (AvgIpc) is 3.37. The van der Waals surface area contributed by atoms with Crippen molar-refractivity contribution in [3.8, 4) is 5.75 Å². The van der Waals surface area contributed by atoms with Crippen molar-refractivity contribution in [2.45, 2.75) is 18.4 Å². The lowest BCUT2D eigenvalue weighted by Gasteiger charge is -2.28. The lowest BCUT2D eigenvalue weighted by Crippen LogP contribution is -2.46. The van der Waals surface area contributed by atoms with Gasteiger partial charge in [-0.05, 0) is 23.8 Å². The van der Waals surface area contributed by atoms with Crippen LogP contribution in [0.2, 0.25) is 5.02 Å². The number of hydrogen-bond donors (Lipinski definition) is 1. The first kappa shape index (κ1) is 18.6. The smallest absolute Gasteiger partial charge is 0.256 e. The van der Waals surface area contributed by atoms with Gasteiger partial charge in [-0.1, -0.05) is 17.7 Å². The molecule has 1 atom stereocenters. The number of nitrogens with zero attached hydrogens (tertiary/aromatic N) is 2. The van der Waals surface area contributed by atoms with E-state index in [0.29, 0.717) is 28.2 Å². The summed E-state index contributed by atoms with van der Waals surface area (Å²) in [7, 11) is 1.48. The third-order valence-electron chi connectivity index (χ3n) is 5.64. The van der Waals surface area contributed by atoms with Gasteiger partial charge in [0.05, 0.1) is 24.1 Å². The van der Waals surface area contributed by atoms with E-state index in [-0.39, 0.29) is 30.4 Å². The van der Waals surface area contributed by atoms with Gasteiger partial charge >= 0.3 is 0 Å². The number of furan rings is 1. The number of pyridine rings is 1. The molecule has 3 amide bonds. The van der Waals surface area contributed by atoms with Crippen LogP contribution in [0.25, 0.3) is 11.1 Å². The van der Waals surface area contributed by atoms with E-state index in [4.69, 9.17) is 20.8 Å². The van der Waals surface area contributed by atoms with Crippen LogP contribution >= 0.6 is 11.6 Å². The van der Waals surface area contributed by atoms with Crippen LogP contribution in [0.5, 0.6) is 5.75 Å². The van der Waals surface area contributed by atoms with E-state index >= 15 is 0 Å². The number of carbonyl (C=O) groups is 3. The highest BCUT2D eigenvalue weighted by Crippen LogP contribution is 2.40. The van der Waals surface area contributed by atoms with Gasteiger partial charge in [-0.15, -0.1) is 0 Å². The van der Waals surface area contributed by atoms with Crippen LogP contribution in [-0.4, -0.2) is 41.3 Å². The molecule has 8 nitrogen and oxygen atoms in total. The van der Waals surface area contributed by atoms with E-state index in [1.165, 1.54) is 12.0 Å². The van der Waals surface area contributed by atoms with Gasteiger partial charge in [-0.3, -0.25) is 24.7 Å². The molecule has 1 aromatic carbocycles. The van der Waals surface area contributed by atoms with Crippen molar-refractivity contribution in [1.29, 1.82) is 0 Å². The Balaban J connectivity index is 1.56. The SMILES string of the molecule is COc1ccc2c(c1Cl)C(=O)N(C[C@@]1(c3cc4ncccc4o3)CC(=O)NC1=O)C2. The normalized spacial score (nSPS) is 20.7. The predicted molar refractivity (Wildman–Crippen MR) is 106 cm³/mol. The molecule has 3 aromatic rings. The fourth-order valence-corrected chi connectivity index (χ4v) is 4.50. The van der Waals surface area contributed by atoms with Gasteiger partial charge in [0.25, 0.3) is 5.91 Å². The molecule has 152 valence electrons. The Morgan fingerprint density at radius 2 is 2.13 bits per heavy atom. The minimum absolute atomic E-state index is 0.0312. The molecule has 1 N–H and O–H groups in total. The van der Waals surface area contributed by atoms with Gasteiger partial charge in [0.1, 0.15) is 22.4 Å². The Labute approximate surface area is 175 Å². The highest BCUT2D eigenvalue weighted by Gasteiger charge is 2.53. The van der Waals surface area contributed by atoms with Crippen molar-refractivity contribution in [3.05, 3.63) is 58.4 Å². The molecule has 2 aliphatic heterocycles. The minimum atomic E-state index is -1.34. The monoisotopic (exact) mass is 425 g/mol. The number of aromatic nitrogens is 1. The number of rotatable bonds is 4. The summed E-state index contributed by atoms with van der Waals surface area (Å²) in [4.78, 5) is 43.9. The molecule has 9 heteroatoms. The number of hydrogen-bond acceptors (Lipinski definition) is 6. The predicted octanol–water partition coefficient (Wildman–Crippen LogP) is 2.43. The van der Waals surface area contributed by atoms with Crippen LogP contribution in [0.1, 0.15) is 28.1 Å². The largest absolute Gasteiger partial charge is 0.495 e. The van der Waals surface area contributed by atoms with Gasteiger partial charge < -0.3 is 14.1 Å². The maximum atomic E-state index is 13.1. The fourth-order valence-electron chi connectivity index (χ4n) is 4.16. The molecule has 2 aromatic heterocycles. The highest BCUT2D eigenvalue weighted by atomic mass is 35.5. The zero-order chi connectivity index (χ0) is 21.0. The second-order valence-electron chi connectivity index (χ2n) is 7.41. The minimum Gasteiger partial charge on any atom is -0.495 e. The summed E-state index contributed by atoms with van der Waals surface area (Å²) in [6.07, 6.45) is 1.49. The van der Waals surface area contributed by atoms with Crippen LogP contribution in [0.3, 0.4) is 0 Å². The molecular formula is C21H16ClN3O5. The zero-order valence-corrected chi connectivity index (χ0v) is 16.7. The number of fused-ring (bicyclic) bond motifs is 2. The second kappa shape index (κ2) is 6.56. The van der Waals surface area contributed by atoms with Crippen LogP contribution in [-0.2, 0) is 21.5 Å². The van der Waals surface area contributed by atoms with Crippen molar-refractivity contribution >= 4 is 40.4 Å². The van der Waals surface area contributed by atoms with E-state index < -0.39 is 17.2 Å². The van der Waals surface area contributed by atoms with Crippen LogP contribution in [0.4, 0.5) is 0 Å². The van der Waals surface area contributed by atoms with Gasteiger partial charge in [0.2, 0.25) is 11.8 Å². The molecule has 30 heavy (non-hydrogen) atoms. The molecule has 1 saturated heterocycles. The van der Waals surface area contributed by atoms with E-state index in [1.807, 2.05) is 0 Å². The Morgan fingerprint density at radius 3 is 2.83 bits per heavy atom. The van der Waals surface area contributed by atoms with Crippen molar-refractivity contribution < 1.29 is 23.5 Å². The van der Waals surface area contributed by atoms with Gasteiger partial charge in [0.15, 0.2) is 5.58 Å². The van der Waals surface area contributed by atoms with Gasteiger partial charge in [0, 0.05) is 25.4 Å². The summed E-state index contributed by atoms with van der Waals surface area (Å²) in [6.45, 7) is 0.232. The molecule has 4 heterocycles. The second-order valence-corrected chi connectivity index (χ2v) is 7.79. The molecule has 1 fully saturated rings. The Bertz CT molecular complexity index is 1200. The topological polar surface area (TPSA) is 102 Å². The van der Waals surface area contributed by atoms with E-state index in [9.17, 15) is 14.4 Å². The maximum Gasteiger partial charge on any atom is 0.256 e. The lowest BCUT2D eigenvalue weighted by atomic mass is 9.82. The summed E-state index contributed by atoms with van der Waals surface area (Å²) in [6, 6.07) is 8.58. The number of carbonyl (C=O) groups excluding carboxylic acids is 3. The first-order valence-corrected chi connectivity index (χ1v) is 9.65. The quantitative estimate of drug-likeness (QED) is 0.644. The van der Waals surface area contributed by atoms with Gasteiger partial charge in [-0.25, -0.2) is 0 Å². The number of amides is 3. The molecule has 0 unspecified atom stereocenters. The fraction of sp³-hybridized carbons (Fsp3) is 0.238. The molecule has 0 spiro atoms. The standard InChI is InChI=1S/C21H16ClN3O5/c1-29-14-5-4-11-9-25(19(27)17(11)18(14)22)10-21(8-16(26)24-20(21)28)15-7-12-13(30-15)3-2-6-23-12/h2-7H,8-10H2,1H3,(H,24,26,28)/t21-/m1/s1. The molecule has 2 aliphatic rings. The van der Waals surface area contributed by atoms with Crippen molar-refractivity contribution in [3.63, 3.8) is 0 Å². The summed E-state index contributed by atoms with van der Waals surface area (Å²) in [5.74, 6) is -0.546. The Morgan fingerprint density at radius 1 is 1.30 bits per heavy atom. The number of ether oxygens (including phenoxy) is 1. The first-order chi connectivity index (χ1) is 14.4. The summed E-state index contributed by atoms with van der Waals surface area (Å²) >= 11 is 6.36.